The topological polar surface area (TPSA) is 69.2 Å². The molecule has 0 N–H and O–H groups in total. The monoisotopic (exact) mass is 464 g/mol. The lowest BCUT2D eigenvalue weighted by atomic mass is 10.2. The lowest BCUT2D eigenvalue weighted by Gasteiger charge is -2.09. The molecule has 30 heavy (non-hydrogen) atoms. The van der Waals surface area contributed by atoms with Crippen LogP contribution in [0.25, 0.3) is 21.8 Å². The minimum atomic E-state index is -0.209. The van der Waals surface area contributed by atoms with Crippen LogP contribution < -0.4 is 5.56 Å². The van der Waals surface area contributed by atoms with Crippen molar-refractivity contribution in [3.05, 3.63) is 74.9 Å². The van der Waals surface area contributed by atoms with Gasteiger partial charge in [0.25, 0.3) is 5.56 Å². The van der Waals surface area contributed by atoms with Gasteiger partial charge < -0.3 is 0 Å². The molecule has 4 rings (SSSR count). The molecule has 6 nitrogen and oxygen atoms in total. The van der Waals surface area contributed by atoms with Crippen molar-refractivity contribution in [1.82, 2.24) is 14.2 Å². The molecular formula is C23H21BrN4O2. The van der Waals surface area contributed by atoms with Gasteiger partial charge in [-0.05, 0) is 30.7 Å². The summed E-state index contributed by atoms with van der Waals surface area (Å²) >= 11 is 3.42. The van der Waals surface area contributed by atoms with Crippen LogP contribution in [0, 0.1) is 0 Å². The molecule has 0 atom stereocenters. The van der Waals surface area contributed by atoms with E-state index in [1.807, 2.05) is 36.4 Å². The zero-order chi connectivity index (χ0) is 21.3. The number of carbonyl (C=O) groups is 1. The molecule has 0 bridgehead atoms. The number of fused-ring (bicyclic) bond motifs is 2. The van der Waals surface area contributed by atoms with Crippen molar-refractivity contribution in [1.29, 1.82) is 0 Å². The molecule has 0 unspecified atom stereocenters. The SMILES string of the molecule is CCCCc1nc2ccc(Br)cc2c(=O)n1N=Cc1cn(C(C)=O)c2ccccc12. The minimum Gasteiger partial charge on any atom is -0.287 e. The molecule has 0 fully saturated rings. The van der Waals surface area contributed by atoms with Gasteiger partial charge in [0.05, 0.1) is 22.6 Å². The van der Waals surface area contributed by atoms with E-state index < -0.39 is 0 Å². The van der Waals surface area contributed by atoms with Crippen molar-refractivity contribution in [2.75, 3.05) is 0 Å². The molecule has 2 aromatic heterocycles. The Kier molecular flexibility index (Phi) is 5.63. The molecule has 2 aromatic carbocycles. The van der Waals surface area contributed by atoms with Crippen LogP contribution in [-0.4, -0.2) is 26.3 Å². The van der Waals surface area contributed by atoms with Gasteiger partial charge in [0, 0.05) is 35.0 Å². The second kappa shape index (κ2) is 8.36. The number of halogens is 1. The van der Waals surface area contributed by atoms with Gasteiger partial charge in [-0.15, -0.1) is 0 Å². The molecule has 0 aliphatic carbocycles. The van der Waals surface area contributed by atoms with Gasteiger partial charge in [0.15, 0.2) is 0 Å². The molecule has 7 heteroatoms. The Bertz CT molecular complexity index is 1350. The first-order valence-electron chi connectivity index (χ1n) is 9.86. The average molecular weight is 465 g/mol. The highest BCUT2D eigenvalue weighted by atomic mass is 79.9. The number of unbranched alkanes of at least 4 members (excludes halogenated alkanes) is 1. The van der Waals surface area contributed by atoms with E-state index in [0.29, 0.717) is 23.1 Å². The highest BCUT2D eigenvalue weighted by molar-refractivity contribution is 9.10. The number of rotatable bonds is 5. The fourth-order valence-electron chi connectivity index (χ4n) is 3.50. The van der Waals surface area contributed by atoms with Gasteiger partial charge in [-0.1, -0.05) is 47.5 Å². The number of hydrogen-bond donors (Lipinski definition) is 0. The maximum Gasteiger partial charge on any atom is 0.282 e. The molecular weight excluding hydrogens is 444 g/mol. The first kappa shape index (κ1) is 20.2. The number of aryl methyl sites for hydroxylation is 1. The zero-order valence-electron chi connectivity index (χ0n) is 16.8. The van der Waals surface area contributed by atoms with Crippen LogP contribution in [0.2, 0.25) is 0 Å². The second-order valence-electron chi connectivity index (χ2n) is 7.15. The number of benzene rings is 2. The van der Waals surface area contributed by atoms with E-state index in [1.165, 1.54) is 11.6 Å². The van der Waals surface area contributed by atoms with Crippen molar-refractivity contribution < 1.29 is 4.79 Å². The second-order valence-corrected chi connectivity index (χ2v) is 8.06. The summed E-state index contributed by atoms with van der Waals surface area (Å²) in [4.78, 5) is 29.9. The van der Waals surface area contributed by atoms with E-state index in [4.69, 9.17) is 4.98 Å². The summed E-state index contributed by atoms with van der Waals surface area (Å²) in [5.41, 5.74) is 2.03. The minimum absolute atomic E-state index is 0.0797. The Morgan fingerprint density at radius 1 is 1.20 bits per heavy atom. The summed E-state index contributed by atoms with van der Waals surface area (Å²) in [6, 6.07) is 13.1. The van der Waals surface area contributed by atoms with Crippen LogP contribution >= 0.6 is 15.9 Å². The number of carbonyl (C=O) groups excluding carboxylic acids is 1. The van der Waals surface area contributed by atoms with E-state index in [9.17, 15) is 9.59 Å². The van der Waals surface area contributed by atoms with Crippen LogP contribution in [0.4, 0.5) is 0 Å². The normalized spacial score (nSPS) is 11.7. The summed E-state index contributed by atoms with van der Waals surface area (Å²) in [6.45, 7) is 3.62. The van der Waals surface area contributed by atoms with E-state index in [0.717, 1.165) is 33.8 Å². The van der Waals surface area contributed by atoms with Crippen molar-refractivity contribution in [2.45, 2.75) is 33.1 Å². The maximum atomic E-state index is 13.2. The quantitative estimate of drug-likeness (QED) is 0.390. The largest absolute Gasteiger partial charge is 0.287 e. The van der Waals surface area contributed by atoms with Crippen molar-refractivity contribution in [2.24, 2.45) is 5.10 Å². The standard InChI is InChI=1S/C23H21BrN4O2/c1-3-4-9-22-26-20-11-10-17(24)12-19(20)23(30)28(22)25-13-16-14-27(15(2)29)21-8-6-5-7-18(16)21/h5-8,10-14H,3-4,9H2,1-2H3. The highest BCUT2D eigenvalue weighted by Gasteiger charge is 2.12. The van der Waals surface area contributed by atoms with Gasteiger partial charge in [-0.2, -0.15) is 9.78 Å². The Morgan fingerprint density at radius 3 is 2.77 bits per heavy atom. The molecule has 2 heterocycles. The summed E-state index contributed by atoms with van der Waals surface area (Å²) in [7, 11) is 0. The summed E-state index contributed by atoms with van der Waals surface area (Å²) in [5, 5.41) is 5.91. The van der Waals surface area contributed by atoms with Crippen LogP contribution in [0.1, 0.15) is 42.9 Å². The number of aromatic nitrogens is 3. The Balaban J connectivity index is 1.88. The lowest BCUT2D eigenvalue weighted by Crippen LogP contribution is -2.22. The molecule has 0 aliphatic rings. The lowest BCUT2D eigenvalue weighted by molar-refractivity contribution is 0.0941. The third kappa shape index (κ3) is 3.73. The van der Waals surface area contributed by atoms with Gasteiger partial charge >= 0.3 is 0 Å². The molecule has 0 saturated heterocycles. The van der Waals surface area contributed by atoms with Crippen LogP contribution in [0.3, 0.4) is 0 Å². The predicted molar refractivity (Wildman–Crippen MR) is 124 cm³/mol. The third-order valence-electron chi connectivity index (χ3n) is 5.02. The van der Waals surface area contributed by atoms with Crippen molar-refractivity contribution >= 4 is 49.9 Å². The number of hydrogen-bond acceptors (Lipinski definition) is 4. The third-order valence-corrected chi connectivity index (χ3v) is 5.52. The zero-order valence-corrected chi connectivity index (χ0v) is 18.4. The summed E-state index contributed by atoms with van der Waals surface area (Å²) in [6.07, 6.45) is 5.93. The summed E-state index contributed by atoms with van der Waals surface area (Å²) in [5.74, 6) is 0.548. The molecule has 4 aromatic rings. The van der Waals surface area contributed by atoms with Gasteiger partial charge in [-0.3, -0.25) is 14.2 Å². The first-order valence-corrected chi connectivity index (χ1v) is 10.7. The fraction of sp³-hybridized carbons (Fsp3) is 0.217. The van der Waals surface area contributed by atoms with E-state index >= 15 is 0 Å². The fourth-order valence-corrected chi connectivity index (χ4v) is 3.86. The van der Waals surface area contributed by atoms with Crippen LogP contribution in [-0.2, 0) is 6.42 Å². The predicted octanol–water partition coefficient (Wildman–Crippen LogP) is 5.00. The first-order chi connectivity index (χ1) is 14.5. The highest BCUT2D eigenvalue weighted by Crippen LogP contribution is 2.20. The van der Waals surface area contributed by atoms with Crippen LogP contribution in [0.15, 0.2) is 63.0 Å². The molecule has 0 amide bonds. The van der Waals surface area contributed by atoms with Gasteiger partial charge in [0.2, 0.25) is 5.91 Å². The number of nitrogens with zero attached hydrogens (tertiary/aromatic N) is 4. The van der Waals surface area contributed by atoms with Crippen molar-refractivity contribution in [3.63, 3.8) is 0 Å². The summed E-state index contributed by atoms with van der Waals surface area (Å²) < 4.78 is 3.78. The molecule has 0 saturated carbocycles. The molecule has 0 radical (unpaired) electrons. The van der Waals surface area contributed by atoms with Gasteiger partial charge in [0.1, 0.15) is 5.82 Å². The Hall–Kier alpha value is -3.06. The molecule has 152 valence electrons. The van der Waals surface area contributed by atoms with E-state index in [-0.39, 0.29) is 11.5 Å². The van der Waals surface area contributed by atoms with Crippen LogP contribution in [0.5, 0.6) is 0 Å². The smallest absolute Gasteiger partial charge is 0.282 e. The Labute approximate surface area is 182 Å². The van der Waals surface area contributed by atoms with E-state index in [1.54, 1.807) is 23.0 Å². The maximum absolute atomic E-state index is 13.2. The van der Waals surface area contributed by atoms with Crippen molar-refractivity contribution in [3.8, 4) is 0 Å². The molecule has 0 spiro atoms. The van der Waals surface area contributed by atoms with E-state index in [2.05, 4.69) is 28.0 Å². The average Bonchev–Trinajstić information content (AvgIpc) is 3.11. The Morgan fingerprint density at radius 2 is 2.00 bits per heavy atom. The van der Waals surface area contributed by atoms with Gasteiger partial charge in [-0.25, -0.2) is 4.98 Å². The molecule has 0 aliphatic heterocycles. The number of para-hydroxylation sites is 1.